The number of nitrogens with zero attached hydrogens (tertiary/aromatic N) is 2. The van der Waals surface area contributed by atoms with Crippen molar-refractivity contribution >= 4 is 56.4 Å². The van der Waals surface area contributed by atoms with Crippen LogP contribution in [0.25, 0.3) is 49.9 Å². The molecule has 6 aromatic rings. The lowest BCUT2D eigenvalue weighted by molar-refractivity contribution is -0.192. The summed E-state index contributed by atoms with van der Waals surface area (Å²) in [5.74, 6) is -3.34. The first kappa shape index (κ1) is 38.3. The third-order valence-electron chi connectivity index (χ3n) is 8.85. The molecule has 15 heteroatoms. The van der Waals surface area contributed by atoms with Crippen LogP contribution in [0.15, 0.2) is 78.9 Å². The van der Waals surface area contributed by atoms with Crippen molar-refractivity contribution in [1.82, 2.24) is 14.5 Å². The van der Waals surface area contributed by atoms with Gasteiger partial charge in [-0.05, 0) is 81.1 Å². The lowest BCUT2D eigenvalue weighted by Gasteiger charge is -2.30. The van der Waals surface area contributed by atoms with Gasteiger partial charge in [0.05, 0.1) is 27.6 Å². The van der Waals surface area contributed by atoms with E-state index in [2.05, 4.69) is 33.1 Å². The summed E-state index contributed by atoms with van der Waals surface area (Å²) in [5.41, 5.74) is 17.5. The van der Waals surface area contributed by atoms with Gasteiger partial charge in [0.1, 0.15) is 23.8 Å². The number of ether oxygens (including phenoxy) is 1. The number of nitrogens with one attached hydrogen (secondary N) is 2. The number of halogens is 4. The van der Waals surface area contributed by atoms with Crippen molar-refractivity contribution in [2.24, 2.45) is 11.5 Å². The first-order valence-electron chi connectivity index (χ1n) is 16.4. The number of primary amides is 1. The van der Waals surface area contributed by atoms with Crippen molar-refractivity contribution in [1.29, 1.82) is 0 Å². The van der Waals surface area contributed by atoms with E-state index in [0.717, 1.165) is 45.9 Å². The van der Waals surface area contributed by atoms with Gasteiger partial charge in [0, 0.05) is 33.8 Å². The molecule has 2 heterocycles. The highest BCUT2D eigenvalue weighted by Gasteiger charge is 2.38. The highest BCUT2D eigenvalue weighted by Crippen LogP contribution is 2.39. The van der Waals surface area contributed by atoms with E-state index in [1.54, 1.807) is 19.1 Å². The van der Waals surface area contributed by atoms with Crippen LogP contribution in [0.5, 0.6) is 0 Å². The van der Waals surface area contributed by atoms with Gasteiger partial charge in [-0.2, -0.15) is 13.2 Å². The molecule has 0 aliphatic heterocycles. The molecule has 0 saturated heterocycles. The van der Waals surface area contributed by atoms with Gasteiger partial charge in [0.15, 0.2) is 0 Å². The van der Waals surface area contributed by atoms with Crippen molar-refractivity contribution in [3.63, 3.8) is 0 Å². The molecule has 7 rings (SSSR count). The van der Waals surface area contributed by atoms with Gasteiger partial charge in [0.25, 0.3) is 5.91 Å². The van der Waals surface area contributed by atoms with E-state index in [4.69, 9.17) is 31.1 Å². The number of rotatable bonds is 7. The van der Waals surface area contributed by atoms with Crippen LogP contribution in [0.2, 0.25) is 0 Å². The summed E-state index contributed by atoms with van der Waals surface area (Å²) in [6.45, 7) is 1.62. The van der Waals surface area contributed by atoms with E-state index < -0.39 is 30.1 Å². The van der Waals surface area contributed by atoms with Crippen LogP contribution < -0.4 is 16.8 Å². The molecule has 1 saturated carbocycles. The fraction of sp³-hybridized carbons (Fsp3) is 0.263. The van der Waals surface area contributed by atoms with E-state index in [0.29, 0.717) is 41.0 Å². The van der Waals surface area contributed by atoms with E-state index in [1.165, 1.54) is 12.1 Å². The number of aliphatic carboxylic acids is 1. The Labute approximate surface area is 300 Å². The molecule has 0 bridgehead atoms. The average molecular weight is 735 g/mol. The molecule has 1 aliphatic carbocycles. The second-order valence-corrected chi connectivity index (χ2v) is 12.5. The number of carboxylic acids is 1. The monoisotopic (exact) mass is 734 g/mol. The van der Waals surface area contributed by atoms with Crippen LogP contribution >= 0.6 is 0 Å². The zero-order valence-corrected chi connectivity index (χ0v) is 27.7. The minimum absolute atomic E-state index is 0. The number of aromatic amines is 1. The summed E-state index contributed by atoms with van der Waals surface area (Å²) in [4.78, 5) is 41.4. The first-order chi connectivity index (χ1) is 24.7. The molecule has 1 atom stereocenters. The second-order valence-electron chi connectivity index (χ2n) is 12.5. The molecule has 2 aromatic heterocycles. The minimum Gasteiger partial charge on any atom is -0.475 e. The number of aromatic nitrogens is 3. The molecule has 1 amide bonds. The molecule has 0 spiro atoms. The second kappa shape index (κ2) is 15.3. The number of hydrogen-bond donors (Lipinski definition) is 5. The maximum atomic E-state index is 13.9. The predicted octanol–water partition coefficient (Wildman–Crippen LogP) is 7.45. The van der Waals surface area contributed by atoms with Crippen molar-refractivity contribution in [2.75, 3.05) is 5.32 Å². The average Bonchev–Trinajstić information content (AvgIpc) is 3.67. The lowest BCUT2D eigenvalue weighted by atomic mass is 9.92. The van der Waals surface area contributed by atoms with E-state index in [9.17, 15) is 27.2 Å². The number of carbonyl (C=O) groups is 3. The number of fused-ring (bicyclic) bond motifs is 4. The van der Waals surface area contributed by atoms with Crippen molar-refractivity contribution < 1.29 is 41.8 Å². The third kappa shape index (κ3) is 8.09. The highest BCUT2D eigenvalue weighted by atomic mass is 19.4. The molecular weight excluding hydrogens is 696 g/mol. The fourth-order valence-electron chi connectivity index (χ4n) is 6.43. The number of H-pyrrole nitrogens is 1. The van der Waals surface area contributed by atoms with Gasteiger partial charge in [-0.15, -0.1) is 0 Å². The molecule has 1 aliphatic rings. The molecule has 53 heavy (non-hydrogen) atoms. The molecule has 1 fully saturated rings. The van der Waals surface area contributed by atoms with Crippen molar-refractivity contribution in [2.45, 2.75) is 64.4 Å². The summed E-state index contributed by atoms with van der Waals surface area (Å²) in [6.07, 6.45) is -2.32. The SMILES string of the molecule is C.C[C@H](N)C(=O)OC1CCC(Nc2cc(-n3c4ccccc4c4c(-c5nc6ccc(F)cc6[nH]5)cccc43)ccc2C(N)=O)CC1.O=C(O)C(F)(F)F. The zero-order chi connectivity index (χ0) is 37.3. The largest absolute Gasteiger partial charge is 0.490 e. The molecule has 0 unspecified atom stereocenters. The fourth-order valence-corrected chi connectivity index (χ4v) is 6.43. The van der Waals surface area contributed by atoms with Gasteiger partial charge in [-0.3, -0.25) is 9.59 Å². The highest BCUT2D eigenvalue weighted by molar-refractivity contribution is 6.15. The Morgan fingerprint density at radius 1 is 0.981 bits per heavy atom. The van der Waals surface area contributed by atoms with Crippen LogP contribution in [0.3, 0.4) is 0 Å². The van der Waals surface area contributed by atoms with Crippen LogP contribution in [0.1, 0.15) is 50.4 Å². The van der Waals surface area contributed by atoms with Crippen LogP contribution in [0, 0.1) is 5.82 Å². The quantitative estimate of drug-likeness (QED) is 0.0829. The van der Waals surface area contributed by atoms with Crippen LogP contribution in [0.4, 0.5) is 23.2 Å². The smallest absolute Gasteiger partial charge is 0.475 e. The van der Waals surface area contributed by atoms with Crippen LogP contribution in [-0.2, 0) is 14.3 Å². The number of benzene rings is 4. The topological polar surface area (TPSA) is 178 Å². The Kier molecular flexibility index (Phi) is 11.1. The van der Waals surface area contributed by atoms with Gasteiger partial charge >= 0.3 is 18.1 Å². The van der Waals surface area contributed by atoms with E-state index in [1.807, 2.05) is 36.4 Å². The minimum atomic E-state index is -5.08. The maximum Gasteiger partial charge on any atom is 0.490 e. The standard InChI is InChI=1S/C35H33FN6O3.C2HF3O2.CH4/c1-19(37)35(44)45-23-13-10-21(11-14-23)39-28-18-22(12-15-24(28)33(38)43)42-30-7-3-2-5-25(30)32-26(6-4-8-31(32)42)34-40-27-16-9-20(36)17-29(27)41-34;3-2(4,5)1(6)7;/h2-9,12,15-19,21,23,39H,10-11,13-14,37H2,1H3,(H2,38,43)(H,40,41);(H,6,7);1H4/t19-,21?,23?;;/m0../s1. The van der Waals surface area contributed by atoms with Gasteiger partial charge < -0.3 is 36.2 Å². The summed E-state index contributed by atoms with van der Waals surface area (Å²) in [7, 11) is 0. The summed E-state index contributed by atoms with van der Waals surface area (Å²) in [6, 6.07) is 23.8. The summed E-state index contributed by atoms with van der Waals surface area (Å²) < 4.78 is 53.4. The van der Waals surface area contributed by atoms with Crippen molar-refractivity contribution in [3.8, 4) is 17.1 Å². The number of hydrogen-bond acceptors (Lipinski definition) is 7. The Hall–Kier alpha value is -5.96. The number of para-hydroxylation sites is 1. The number of alkyl halides is 3. The Morgan fingerprint density at radius 2 is 1.66 bits per heavy atom. The molecule has 0 radical (unpaired) electrons. The molecule has 278 valence electrons. The third-order valence-corrected chi connectivity index (χ3v) is 8.85. The molecule has 7 N–H and O–H groups in total. The lowest BCUT2D eigenvalue weighted by Crippen LogP contribution is -2.36. The van der Waals surface area contributed by atoms with Crippen molar-refractivity contribution in [3.05, 3.63) is 90.2 Å². The van der Waals surface area contributed by atoms with Gasteiger partial charge in [0.2, 0.25) is 0 Å². The number of esters is 1. The van der Waals surface area contributed by atoms with E-state index >= 15 is 0 Å². The van der Waals surface area contributed by atoms with Gasteiger partial charge in [-0.1, -0.05) is 37.8 Å². The molecule has 4 aromatic carbocycles. The number of imidazole rings is 1. The normalized spacial score (nSPS) is 16.3. The first-order valence-corrected chi connectivity index (χ1v) is 16.4. The number of amides is 1. The summed E-state index contributed by atoms with van der Waals surface area (Å²) >= 11 is 0. The molecular formula is C38H38F4N6O5. The zero-order valence-electron chi connectivity index (χ0n) is 27.7. The number of carboxylic acid groups (broad SMARTS) is 1. The van der Waals surface area contributed by atoms with E-state index in [-0.39, 0.29) is 25.4 Å². The Balaban J connectivity index is 0.000000618. The Morgan fingerprint density at radius 3 is 2.32 bits per heavy atom. The number of anilines is 1. The predicted molar refractivity (Wildman–Crippen MR) is 194 cm³/mol. The van der Waals surface area contributed by atoms with Crippen LogP contribution in [-0.4, -0.2) is 61.9 Å². The maximum absolute atomic E-state index is 13.9. The van der Waals surface area contributed by atoms with Gasteiger partial charge in [-0.25, -0.2) is 14.2 Å². The number of nitrogens with two attached hydrogens (primary N) is 2. The Bertz CT molecular complexity index is 2310. The molecule has 11 nitrogen and oxygen atoms in total. The summed E-state index contributed by atoms with van der Waals surface area (Å²) in [5, 5.41) is 12.7. The number of carbonyl (C=O) groups excluding carboxylic acids is 2.